The lowest BCUT2D eigenvalue weighted by Gasteiger charge is -2.34. The molecular weight excluding hydrogens is 439 g/mol. The third-order valence-electron chi connectivity index (χ3n) is 4.86. The molecule has 0 aromatic carbocycles. The molecule has 13 heteroatoms. The van der Waals surface area contributed by atoms with Gasteiger partial charge in [0.1, 0.15) is 23.3 Å². The van der Waals surface area contributed by atoms with Crippen molar-refractivity contribution in [1.29, 1.82) is 0 Å². The van der Waals surface area contributed by atoms with Gasteiger partial charge in [0, 0.05) is 22.9 Å². The standard InChI is InChI=1S/C18H20F3N5O4S/c19-18(20,21)7-12-6-13-14(23-8-24-16(13)31-12)25-10-3-9(15(28)22-1-2-27)4-11(5-10)26-17(29)30/h2,6,8-11,26H,1,3-5,7H2,(H,22,28)(H,29,30)(H,23,24,25)/t9-,10+,11-/m0/s1. The number of carboxylic acid groups (broad SMARTS) is 1. The number of nitrogens with one attached hydrogen (secondary N) is 3. The van der Waals surface area contributed by atoms with Crippen molar-refractivity contribution in [1.82, 2.24) is 20.6 Å². The van der Waals surface area contributed by atoms with Gasteiger partial charge in [0.05, 0.1) is 18.4 Å². The van der Waals surface area contributed by atoms with Crippen molar-refractivity contribution >= 4 is 45.7 Å². The predicted octanol–water partition coefficient (Wildman–Crippen LogP) is 2.33. The number of aldehydes is 1. The van der Waals surface area contributed by atoms with E-state index in [4.69, 9.17) is 5.11 Å². The quantitative estimate of drug-likeness (QED) is 0.467. The van der Waals surface area contributed by atoms with Crippen LogP contribution < -0.4 is 16.0 Å². The fourth-order valence-corrected chi connectivity index (χ4v) is 4.75. The maximum Gasteiger partial charge on any atom is 0.404 e. The van der Waals surface area contributed by atoms with Crippen molar-refractivity contribution in [3.8, 4) is 0 Å². The minimum Gasteiger partial charge on any atom is -0.465 e. The Hall–Kier alpha value is -2.96. The Labute approximate surface area is 178 Å². The Bertz CT molecular complexity index is 967. The van der Waals surface area contributed by atoms with E-state index in [1.54, 1.807) is 0 Å². The van der Waals surface area contributed by atoms with Crippen molar-refractivity contribution in [3.63, 3.8) is 0 Å². The second kappa shape index (κ2) is 9.45. The Morgan fingerprint density at radius 2 is 1.97 bits per heavy atom. The molecule has 2 heterocycles. The van der Waals surface area contributed by atoms with Crippen LogP contribution in [0.15, 0.2) is 12.4 Å². The van der Waals surface area contributed by atoms with Crippen LogP contribution in [0.3, 0.4) is 0 Å². The molecular formula is C18H20F3N5O4S. The van der Waals surface area contributed by atoms with E-state index in [1.807, 2.05) is 0 Å². The van der Waals surface area contributed by atoms with E-state index in [2.05, 4.69) is 25.9 Å². The molecule has 1 aliphatic carbocycles. The van der Waals surface area contributed by atoms with Crippen LogP contribution in [0.5, 0.6) is 0 Å². The summed E-state index contributed by atoms with van der Waals surface area (Å²) < 4.78 is 38.2. The van der Waals surface area contributed by atoms with Gasteiger partial charge in [0.15, 0.2) is 0 Å². The number of hydrogen-bond acceptors (Lipinski definition) is 7. The first kappa shape index (κ1) is 22.7. The summed E-state index contributed by atoms with van der Waals surface area (Å²) in [4.78, 5) is 42.6. The van der Waals surface area contributed by atoms with Crippen LogP contribution in [0.1, 0.15) is 24.1 Å². The van der Waals surface area contributed by atoms with Crippen molar-refractivity contribution in [3.05, 3.63) is 17.3 Å². The molecule has 9 nitrogen and oxygen atoms in total. The van der Waals surface area contributed by atoms with Gasteiger partial charge in [0.25, 0.3) is 0 Å². The molecule has 1 fully saturated rings. The zero-order chi connectivity index (χ0) is 22.6. The Morgan fingerprint density at radius 1 is 1.23 bits per heavy atom. The van der Waals surface area contributed by atoms with Crippen molar-refractivity contribution in [2.45, 2.75) is 43.9 Å². The molecule has 0 radical (unpaired) electrons. The molecule has 2 amide bonds. The van der Waals surface area contributed by atoms with Gasteiger partial charge in [-0.15, -0.1) is 11.3 Å². The molecule has 3 atom stereocenters. The van der Waals surface area contributed by atoms with Crippen molar-refractivity contribution < 1.29 is 32.7 Å². The minimum absolute atomic E-state index is 0.103. The largest absolute Gasteiger partial charge is 0.465 e. The summed E-state index contributed by atoms with van der Waals surface area (Å²) in [6, 6.07) is 0.498. The lowest BCUT2D eigenvalue weighted by molar-refractivity contribution is -0.127. The molecule has 3 rings (SSSR count). The zero-order valence-electron chi connectivity index (χ0n) is 16.1. The summed E-state index contributed by atoms with van der Waals surface area (Å²) in [5, 5.41) is 17.5. The molecule has 0 aliphatic heterocycles. The van der Waals surface area contributed by atoms with Crippen LogP contribution in [0.4, 0.5) is 23.8 Å². The highest BCUT2D eigenvalue weighted by Gasteiger charge is 2.34. The average molecular weight is 459 g/mol. The normalized spacial score (nSPS) is 21.5. The highest BCUT2D eigenvalue weighted by Crippen LogP contribution is 2.34. The topological polar surface area (TPSA) is 133 Å². The lowest BCUT2D eigenvalue weighted by Crippen LogP contribution is -2.48. The molecule has 1 saturated carbocycles. The number of alkyl halides is 3. The number of amides is 2. The van der Waals surface area contributed by atoms with Gasteiger partial charge in [-0.05, 0) is 25.3 Å². The summed E-state index contributed by atoms with van der Waals surface area (Å²) in [7, 11) is 0. The number of thiophene rings is 1. The summed E-state index contributed by atoms with van der Waals surface area (Å²) >= 11 is 0.925. The number of carbonyl (C=O) groups excluding carboxylic acids is 2. The number of nitrogens with zero attached hydrogens (tertiary/aromatic N) is 2. The van der Waals surface area contributed by atoms with Gasteiger partial charge in [-0.3, -0.25) is 4.79 Å². The number of carbonyl (C=O) groups is 3. The van der Waals surface area contributed by atoms with Crippen molar-refractivity contribution in [2.24, 2.45) is 5.92 Å². The van der Waals surface area contributed by atoms with Gasteiger partial charge in [0.2, 0.25) is 5.91 Å². The number of hydrogen-bond donors (Lipinski definition) is 4. The Kier molecular flexibility index (Phi) is 6.93. The van der Waals surface area contributed by atoms with E-state index in [0.717, 1.165) is 11.3 Å². The van der Waals surface area contributed by atoms with E-state index in [9.17, 15) is 27.6 Å². The van der Waals surface area contributed by atoms with Crippen LogP contribution >= 0.6 is 11.3 Å². The average Bonchev–Trinajstić information content (AvgIpc) is 3.07. The Balaban J connectivity index is 1.80. The first-order valence-corrected chi connectivity index (χ1v) is 10.2. The highest BCUT2D eigenvalue weighted by atomic mass is 32.1. The zero-order valence-corrected chi connectivity index (χ0v) is 16.9. The maximum atomic E-state index is 12.7. The van der Waals surface area contributed by atoms with E-state index >= 15 is 0 Å². The second-order valence-electron chi connectivity index (χ2n) is 7.25. The van der Waals surface area contributed by atoms with E-state index < -0.39 is 30.7 Å². The molecule has 4 N–H and O–H groups in total. The smallest absolute Gasteiger partial charge is 0.404 e. The molecule has 0 bridgehead atoms. The fourth-order valence-electron chi connectivity index (χ4n) is 3.73. The molecule has 31 heavy (non-hydrogen) atoms. The van der Waals surface area contributed by atoms with Crippen molar-refractivity contribution in [2.75, 3.05) is 11.9 Å². The molecule has 0 unspecified atom stereocenters. The number of aromatic nitrogens is 2. The van der Waals surface area contributed by atoms with Gasteiger partial charge in [-0.25, -0.2) is 14.8 Å². The SMILES string of the molecule is O=CCNC(=O)[C@@H]1C[C@H](NC(=O)O)C[C@H](Nc2ncnc3sc(CC(F)(F)F)cc23)C1. The molecule has 0 saturated heterocycles. The molecule has 2 aromatic rings. The van der Waals surface area contributed by atoms with Gasteiger partial charge < -0.3 is 25.9 Å². The fraction of sp³-hybridized carbons (Fsp3) is 0.500. The molecule has 2 aromatic heterocycles. The van der Waals surface area contributed by atoms with Crippen LogP contribution in [-0.2, 0) is 16.0 Å². The maximum absolute atomic E-state index is 12.7. The first-order valence-electron chi connectivity index (χ1n) is 9.42. The van der Waals surface area contributed by atoms with Crippen LogP contribution in [0.2, 0.25) is 0 Å². The third-order valence-corrected chi connectivity index (χ3v) is 5.90. The number of fused-ring (bicyclic) bond motifs is 1. The highest BCUT2D eigenvalue weighted by molar-refractivity contribution is 7.18. The lowest BCUT2D eigenvalue weighted by atomic mass is 9.81. The second-order valence-corrected chi connectivity index (χ2v) is 8.36. The first-order chi connectivity index (χ1) is 14.6. The predicted molar refractivity (Wildman–Crippen MR) is 106 cm³/mol. The van der Waals surface area contributed by atoms with E-state index in [0.29, 0.717) is 35.2 Å². The summed E-state index contributed by atoms with van der Waals surface area (Å²) in [6.45, 7) is -0.145. The Morgan fingerprint density at radius 3 is 2.65 bits per heavy atom. The number of rotatable bonds is 7. The number of anilines is 1. The van der Waals surface area contributed by atoms with Gasteiger partial charge in [-0.2, -0.15) is 13.2 Å². The molecule has 0 spiro atoms. The van der Waals surface area contributed by atoms with E-state index in [1.165, 1.54) is 12.4 Å². The summed E-state index contributed by atoms with van der Waals surface area (Å²) in [6.07, 6.45) is -3.88. The monoisotopic (exact) mass is 459 g/mol. The van der Waals surface area contributed by atoms with Crippen LogP contribution in [0, 0.1) is 5.92 Å². The van der Waals surface area contributed by atoms with Crippen LogP contribution in [-0.4, -0.2) is 58.2 Å². The number of halogens is 3. The van der Waals surface area contributed by atoms with Gasteiger partial charge >= 0.3 is 12.3 Å². The summed E-state index contributed by atoms with van der Waals surface area (Å²) in [5.41, 5.74) is 0. The van der Waals surface area contributed by atoms with E-state index in [-0.39, 0.29) is 29.8 Å². The van der Waals surface area contributed by atoms with Crippen LogP contribution in [0.25, 0.3) is 10.2 Å². The van der Waals surface area contributed by atoms with Gasteiger partial charge in [-0.1, -0.05) is 0 Å². The summed E-state index contributed by atoms with van der Waals surface area (Å²) in [5.74, 6) is -0.599. The molecule has 1 aliphatic rings. The third kappa shape index (κ3) is 6.26. The molecule has 168 valence electrons. The minimum atomic E-state index is -4.34.